The average Bonchev–Trinajstić information content (AvgIpc) is 2.58. The summed E-state index contributed by atoms with van der Waals surface area (Å²) in [6.45, 7) is 13.6. The molecule has 3 heteroatoms. The standard InChI is InChI=1S/C18H29ClN2/c1-17(2,3)15-11-14(13-19)12-16(20-15)21-9-6-7-18(4,5)8-10-21/h11-12H,6-10,13H2,1-5H3. The van der Waals surface area contributed by atoms with Gasteiger partial charge >= 0.3 is 0 Å². The summed E-state index contributed by atoms with van der Waals surface area (Å²) in [4.78, 5) is 7.38. The third-order valence-corrected chi connectivity index (χ3v) is 4.77. The highest BCUT2D eigenvalue weighted by molar-refractivity contribution is 6.17. The van der Waals surface area contributed by atoms with Crippen LogP contribution in [-0.2, 0) is 11.3 Å². The SMILES string of the molecule is CC1(C)CCCN(c2cc(CCl)cc(C(C)(C)C)n2)CC1. The third kappa shape index (κ3) is 4.35. The molecular weight excluding hydrogens is 280 g/mol. The molecule has 0 spiro atoms. The zero-order chi connectivity index (χ0) is 15.7. The van der Waals surface area contributed by atoms with Crippen molar-refractivity contribution in [2.75, 3.05) is 18.0 Å². The molecule has 0 N–H and O–H groups in total. The number of rotatable bonds is 2. The molecule has 0 aliphatic carbocycles. The van der Waals surface area contributed by atoms with E-state index in [0.717, 1.165) is 24.6 Å². The lowest BCUT2D eigenvalue weighted by atomic mass is 9.85. The summed E-state index contributed by atoms with van der Waals surface area (Å²) in [5.74, 6) is 1.66. The van der Waals surface area contributed by atoms with E-state index in [1.807, 2.05) is 0 Å². The van der Waals surface area contributed by atoms with Gasteiger partial charge in [-0.2, -0.15) is 0 Å². The summed E-state index contributed by atoms with van der Waals surface area (Å²) < 4.78 is 0. The van der Waals surface area contributed by atoms with E-state index in [-0.39, 0.29) is 5.41 Å². The Labute approximate surface area is 134 Å². The van der Waals surface area contributed by atoms with E-state index < -0.39 is 0 Å². The molecule has 0 bridgehead atoms. The number of anilines is 1. The van der Waals surface area contributed by atoms with Gasteiger partial charge < -0.3 is 4.90 Å². The van der Waals surface area contributed by atoms with E-state index in [0.29, 0.717) is 11.3 Å². The minimum Gasteiger partial charge on any atom is -0.357 e. The first-order chi connectivity index (χ1) is 9.71. The molecule has 21 heavy (non-hydrogen) atoms. The fourth-order valence-corrected chi connectivity index (χ4v) is 3.00. The fraction of sp³-hybridized carbons (Fsp3) is 0.722. The Kier molecular flexibility index (Phi) is 4.87. The highest BCUT2D eigenvalue weighted by Gasteiger charge is 2.25. The maximum Gasteiger partial charge on any atom is 0.129 e. The minimum atomic E-state index is 0.0575. The first-order valence-electron chi connectivity index (χ1n) is 8.04. The van der Waals surface area contributed by atoms with Crippen LogP contribution in [0.25, 0.3) is 0 Å². The maximum absolute atomic E-state index is 6.09. The molecule has 1 aromatic heterocycles. The van der Waals surface area contributed by atoms with Crippen LogP contribution in [0.3, 0.4) is 0 Å². The summed E-state index contributed by atoms with van der Waals surface area (Å²) >= 11 is 6.09. The largest absolute Gasteiger partial charge is 0.357 e. The van der Waals surface area contributed by atoms with Crippen LogP contribution in [0.5, 0.6) is 0 Å². The molecule has 0 amide bonds. The molecule has 0 atom stereocenters. The highest BCUT2D eigenvalue weighted by Crippen LogP contribution is 2.32. The van der Waals surface area contributed by atoms with Crippen molar-refractivity contribution in [2.24, 2.45) is 5.41 Å². The van der Waals surface area contributed by atoms with Gasteiger partial charge in [-0.15, -0.1) is 11.6 Å². The number of aromatic nitrogens is 1. The Morgan fingerprint density at radius 2 is 1.90 bits per heavy atom. The predicted octanol–water partition coefficient (Wildman–Crippen LogP) is 5.13. The third-order valence-electron chi connectivity index (χ3n) is 4.46. The monoisotopic (exact) mass is 308 g/mol. The number of nitrogens with zero attached hydrogens (tertiary/aromatic N) is 2. The summed E-state index contributed by atoms with van der Waals surface area (Å²) in [5.41, 5.74) is 2.82. The van der Waals surface area contributed by atoms with Gasteiger partial charge in [0.05, 0.1) is 0 Å². The van der Waals surface area contributed by atoms with E-state index in [1.54, 1.807) is 0 Å². The Morgan fingerprint density at radius 3 is 2.52 bits per heavy atom. The smallest absolute Gasteiger partial charge is 0.129 e. The maximum atomic E-state index is 6.09. The van der Waals surface area contributed by atoms with Gasteiger partial charge in [-0.25, -0.2) is 4.98 Å². The predicted molar refractivity (Wildman–Crippen MR) is 92.3 cm³/mol. The van der Waals surface area contributed by atoms with E-state index in [9.17, 15) is 0 Å². The van der Waals surface area contributed by atoms with Crippen LogP contribution in [-0.4, -0.2) is 18.1 Å². The fourth-order valence-electron chi connectivity index (χ4n) is 2.85. The Balaban J connectivity index is 2.30. The zero-order valence-corrected chi connectivity index (χ0v) is 14.9. The lowest BCUT2D eigenvalue weighted by Gasteiger charge is -2.27. The molecule has 2 nitrogen and oxygen atoms in total. The quantitative estimate of drug-likeness (QED) is 0.704. The second-order valence-electron chi connectivity index (χ2n) is 8.11. The highest BCUT2D eigenvalue weighted by atomic mass is 35.5. The minimum absolute atomic E-state index is 0.0575. The van der Waals surface area contributed by atoms with Gasteiger partial charge in [0.2, 0.25) is 0 Å². The summed E-state index contributed by atoms with van der Waals surface area (Å²) in [6.07, 6.45) is 3.76. The van der Waals surface area contributed by atoms with Gasteiger partial charge in [-0.1, -0.05) is 34.6 Å². The van der Waals surface area contributed by atoms with Gasteiger partial charge in [-0.3, -0.25) is 0 Å². The first kappa shape index (κ1) is 16.6. The van der Waals surface area contributed by atoms with Crippen molar-refractivity contribution >= 4 is 17.4 Å². The lowest BCUT2D eigenvalue weighted by Crippen LogP contribution is -2.27. The molecule has 1 aliphatic heterocycles. The Hall–Kier alpha value is -0.760. The second-order valence-corrected chi connectivity index (χ2v) is 8.37. The molecule has 0 radical (unpaired) electrons. The van der Waals surface area contributed by atoms with Gasteiger partial charge in [0.15, 0.2) is 0 Å². The van der Waals surface area contributed by atoms with E-state index in [2.05, 4.69) is 51.7 Å². The van der Waals surface area contributed by atoms with Crippen LogP contribution >= 0.6 is 11.6 Å². The van der Waals surface area contributed by atoms with Gasteiger partial charge in [0.1, 0.15) is 5.82 Å². The molecule has 1 aromatic rings. The first-order valence-corrected chi connectivity index (χ1v) is 8.57. The van der Waals surface area contributed by atoms with Crippen molar-refractivity contribution in [3.05, 3.63) is 23.4 Å². The van der Waals surface area contributed by atoms with Crippen molar-refractivity contribution in [1.29, 1.82) is 0 Å². The zero-order valence-electron chi connectivity index (χ0n) is 14.2. The van der Waals surface area contributed by atoms with Crippen molar-refractivity contribution in [2.45, 2.75) is 65.2 Å². The second kappa shape index (κ2) is 6.16. The van der Waals surface area contributed by atoms with Crippen LogP contribution in [0.4, 0.5) is 5.82 Å². The van der Waals surface area contributed by atoms with Crippen LogP contribution in [0.15, 0.2) is 12.1 Å². The molecule has 2 heterocycles. The number of pyridine rings is 1. The van der Waals surface area contributed by atoms with E-state index >= 15 is 0 Å². The topological polar surface area (TPSA) is 16.1 Å². The van der Waals surface area contributed by atoms with Crippen molar-refractivity contribution in [1.82, 2.24) is 4.98 Å². The number of hydrogen-bond donors (Lipinski definition) is 0. The van der Waals surface area contributed by atoms with Gasteiger partial charge in [0, 0.05) is 30.1 Å². The molecule has 1 aliphatic rings. The van der Waals surface area contributed by atoms with Crippen molar-refractivity contribution in [3.8, 4) is 0 Å². The summed E-state index contributed by atoms with van der Waals surface area (Å²) in [6, 6.07) is 4.32. The molecule has 0 aromatic carbocycles. The number of alkyl halides is 1. The average molecular weight is 309 g/mol. The van der Waals surface area contributed by atoms with Crippen LogP contribution in [0.1, 0.15) is 65.1 Å². The van der Waals surface area contributed by atoms with Crippen LogP contribution in [0.2, 0.25) is 0 Å². The van der Waals surface area contributed by atoms with Crippen LogP contribution in [0, 0.1) is 5.41 Å². The molecule has 0 unspecified atom stereocenters. The Bertz CT molecular complexity index is 488. The molecule has 118 valence electrons. The molecule has 0 saturated carbocycles. The molecule has 1 fully saturated rings. The Morgan fingerprint density at radius 1 is 1.19 bits per heavy atom. The van der Waals surface area contributed by atoms with E-state index in [1.165, 1.54) is 24.8 Å². The number of halogens is 1. The summed E-state index contributed by atoms with van der Waals surface area (Å²) in [5, 5.41) is 0. The lowest BCUT2D eigenvalue weighted by molar-refractivity contribution is 0.325. The molecule has 2 rings (SSSR count). The van der Waals surface area contributed by atoms with Crippen molar-refractivity contribution in [3.63, 3.8) is 0 Å². The summed E-state index contributed by atoms with van der Waals surface area (Å²) in [7, 11) is 0. The molecule has 1 saturated heterocycles. The van der Waals surface area contributed by atoms with Crippen molar-refractivity contribution < 1.29 is 0 Å². The number of hydrogen-bond acceptors (Lipinski definition) is 2. The molecular formula is C18H29ClN2. The van der Waals surface area contributed by atoms with Crippen LogP contribution < -0.4 is 4.90 Å². The van der Waals surface area contributed by atoms with Gasteiger partial charge in [-0.05, 0) is 42.4 Å². The van der Waals surface area contributed by atoms with Gasteiger partial charge in [0.25, 0.3) is 0 Å². The normalized spacial score (nSPS) is 19.4. The van der Waals surface area contributed by atoms with E-state index in [4.69, 9.17) is 16.6 Å².